The van der Waals surface area contributed by atoms with Crippen LogP contribution >= 0.6 is 11.3 Å². The molecular formula is C21H14N4O3S. The number of carbonyl (C=O) groups is 1. The zero-order valence-corrected chi connectivity index (χ0v) is 15.8. The summed E-state index contributed by atoms with van der Waals surface area (Å²) in [4.78, 5) is 25.6. The number of amides is 1. The minimum absolute atomic E-state index is 0.224. The van der Waals surface area contributed by atoms with E-state index in [1.54, 1.807) is 0 Å². The molecule has 0 radical (unpaired) electrons. The third-order valence-corrected chi connectivity index (χ3v) is 5.10. The standard InChI is InChI=1S/C21H14N4O3S/c26-20(15-9-22-19(23-10-15)13-4-2-1-3-5-13)25-21-24-16(11-29-21)14-6-7-17-18(8-14)28-12-27-17/h1-11H,12H2,(H,24,25,26). The van der Waals surface area contributed by atoms with E-state index in [4.69, 9.17) is 9.47 Å². The van der Waals surface area contributed by atoms with Crippen molar-refractivity contribution >= 4 is 22.4 Å². The number of hydrogen-bond donors (Lipinski definition) is 1. The van der Waals surface area contributed by atoms with Gasteiger partial charge in [-0.15, -0.1) is 11.3 Å². The number of hydrogen-bond acceptors (Lipinski definition) is 7. The van der Waals surface area contributed by atoms with Gasteiger partial charge in [0.25, 0.3) is 5.91 Å². The molecule has 2 aromatic heterocycles. The number of thiazole rings is 1. The number of ether oxygens (including phenoxy) is 2. The fourth-order valence-electron chi connectivity index (χ4n) is 2.87. The van der Waals surface area contributed by atoms with Gasteiger partial charge in [-0.2, -0.15) is 0 Å². The van der Waals surface area contributed by atoms with Crippen LogP contribution in [-0.2, 0) is 0 Å². The molecule has 2 aromatic carbocycles. The van der Waals surface area contributed by atoms with E-state index in [2.05, 4.69) is 20.3 Å². The molecule has 5 rings (SSSR count). The van der Waals surface area contributed by atoms with Gasteiger partial charge >= 0.3 is 0 Å². The average Bonchev–Trinajstić information content (AvgIpc) is 3.43. The molecule has 1 amide bonds. The Balaban J connectivity index is 1.30. The topological polar surface area (TPSA) is 86.2 Å². The number of fused-ring (bicyclic) bond motifs is 1. The number of nitrogens with zero attached hydrogens (tertiary/aromatic N) is 3. The van der Waals surface area contributed by atoms with Crippen molar-refractivity contribution in [2.45, 2.75) is 0 Å². The molecule has 7 nitrogen and oxygen atoms in total. The molecule has 0 saturated heterocycles. The van der Waals surface area contributed by atoms with Crippen molar-refractivity contribution in [2.75, 3.05) is 12.1 Å². The summed E-state index contributed by atoms with van der Waals surface area (Å²) >= 11 is 1.34. The molecule has 0 unspecified atom stereocenters. The highest BCUT2D eigenvalue weighted by molar-refractivity contribution is 7.14. The molecule has 1 aliphatic rings. The summed E-state index contributed by atoms with van der Waals surface area (Å²) in [6.07, 6.45) is 3.02. The van der Waals surface area contributed by atoms with E-state index in [0.29, 0.717) is 22.3 Å². The molecule has 0 fully saturated rings. The maximum Gasteiger partial charge on any atom is 0.260 e. The summed E-state index contributed by atoms with van der Waals surface area (Å²) in [5, 5.41) is 5.16. The Labute approximate surface area is 170 Å². The largest absolute Gasteiger partial charge is 0.454 e. The summed E-state index contributed by atoms with van der Waals surface area (Å²) in [6.45, 7) is 0.224. The highest BCUT2D eigenvalue weighted by Gasteiger charge is 2.16. The lowest BCUT2D eigenvalue weighted by Crippen LogP contribution is -2.12. The Bertz CT molecular complexity index is 1180. The molecule has 4 aromatic rings. The molecule has 142 valence electrons. The molecule has 1 N–H and O–H groups in total. The van der Waals surface area contributed by atoms with Gasteiger partial charge in [-0.05, 0) is 18.2 Å². The number of carbonyl (C=O) groups excluding carboxylic acids is 1. The van der Waals surface area contributed by atoms with Gasteiger partial charge in [-0.1, -0.05) is 30.3 Å². The molecule has 3 heterocycles. The Hall–Kier alpha value is -3.78. The Morgan fingerprint density at radius 1 is 0.966 bits per heavy atom. The Kier molecular flexibility index (Phi) is 4.38. The number of benzene rings is 2. The zero-order chi connectivity index (χ0) is 19.6. The number of anilines is 1. The second kappa shape index (κ2) is 7.33. The third kappa shape index (κ3) is 3.53. The quantitative estimate of drug-likeness (QED) is 0.549. The fourth-order valence-corrected chi connectivity index (χ4v) is 3.59. The lowest BCUT2D eigenvalue weighted by Gasteiger charge is -2.03. The predicted molar refractivity (Wildman–Crippen MR) is 109 cm³/mol. The fraction of sp³-hybridized carbons (Fsp3) is 0.0476. The molecular weight excluding hydrogens is 388 g/mol. The minimum Gasteiger partial charge on any atom is -0.454 e. The second-order valence-electron chi connectivity index (χ2n) is 6.22. The Morgan fingerprint density at radius 3 is 2.59 bits per heavy atom. The maximum atomic E-state index is 12.5. The van der Waals surface area contributed by atoms with Crippen molar-refractivity contribution in [3.8, 4) is 34.1 Å². The van der Waals surface area contributed by atoms with Gasteiger partial charge in [0.05, 0.1) is 11.3 Å². The molecule has 8 heteroatoms. The van der Waals surface area contributed by atoms with Crippen molar-refractivity contribution in [2.24, 2.45) is 0 Å². The van der Waals surface area contributed by atoms with E-state index in [1.807, 2.05) is 53.9 Å². The summed E-state index contributed by atoms with van der Waals surface area (Å²) in [5.41, 5.74) is 2.90. The Morgan fingerprint density at radius 2 is 1.76 bits per heavy atom. The van der Waals surface area contributed by atoms with Crippen LogP contribution in [0.5, 0.6) is 11.5 Å². The highest BCUT2D eigenvalue weighted by Crippen LogP contribution is 2.36. The molecule has 0 saturated carbocycles. The SMILES string of the molecule is O=C(Nc1nc(-c2ccc3c(c2)OCO3)cs1)c1cnc(-c2ccccc2)nc1. The lowest BCUT2D eigenvalue weighted by molar-refractivity contribution is 0.102. The van der Waals surface area contributed by atoms with E-state index in [9.17, 15) is 4.79 Å². The molecule has 29 heavy (non-hydrogen) atoms. The van der Waals surface area contributed by atoms with E-state index in [0.717, 1.165) is 22.6 Å². The lowest BCUT2D eigenvalue weighted by atomic mass is 10.1. The van der Waals surface area contributed by atoms with Gasteiger partial charge in [0, 0.05) is 28.9 Å². The van der Waals surface area contributed by atoms with Crippen LogP contribution in [0.15, 0.2) is 66.3 Å². The molecule has 1 aliphatic heterocycles. The van der Waals surface area contributed by atoms with Crippen LogP contribution in [0.2, 0.25) is 0 Å². The van der Waals surface area contributed by atoms with Crippen LogP contribution in [0.25, 0.3) is 22.6 Å². The van der Waals surface area contributed by atoms with Crippen LogP contribution in [0.1, 0.15) is 10.4 Å². The first-order chi connectivity index (χ1) is 14.3. The number of nitrogens with one attached hydrogen (secondary N) is 1. The number of aromatic nitrogens is 3. The van der Waals surface area contributed by atoms with Crippen molar-refractivity contribution in [1.82, 2.24) is 15.0 Å². The van der Waals surface area contributed by atoms with E-state index < -0.39 is 0 Å². The van der Waals surface area contributed by atoms with Crippen molar-refractivity contribution < 1.29 is 14.3 Å². The van der Waals surface area contributed by atoms with Crippen molar-refractivity contribution in [1.29, 1.82) is 0 Å². The third-order valence-electron chi connectivity index (χ3n) is 4.34. The first-order valence-electron chi connectivity index (χ1n) is 8.81. The summed E-state index contributed by atoms with van der Waals surface area (Å²) in [7, 11) is 0. The van der Waals surface area contributed by atoms with Crippen LogP contribution in [0.3, 0.4) is 0 Å². The second-order valence-corrected chi connectivity index (χ2v) is 7.08. The van der Waals surface area contributed by atoms with Gasteiger partial charge < -0.3 is 9.47 Å². The van der Waals surface area contributed by atoms with E-state index in [-0.39, 0.29) is 12.7 Å². The van der Waals surface area contributed by atoms with E-state index in [1.165, 1.54) is 23.7 Å². The van der Waals surface area contributed by atoms with Crippen molar-refractivity contribution in [3.63, 3.8) is 0 Å². The first-order valence-corrected chi connectivity index (χ1v) is 9.68. The minimum atomic E-state index is -0.309. The summed E-state index contributed by atoms with van der Waals surface area (Å²) in [5.74, 6) is 1.67. The van der Waals surface area contributed by atoms with Crippen LogP contribution < -0.4 is 14.8 Å². The van der Waals surface area contributed by atoms with E-state index >= 15 is 0 Å². The summed E-state index contributed by atoms with van der Waals surface area (Å²) < 4.78 is 10.7. The highest BCUT2D eigenvalue weighted by atomic mass is 32.1. The van der Waals surface area contributed by atoms with Crippen LogP contribution in [0.4, 0.5) is 5.13 Å². The smallest absolute Gasteiger partial charge is 0.260 e. The van der Waals surface area contributed by atoms with Crippen LogP contribution in [-0.4, -0.2) is 27.7 Å². The molecule has 0 atom stereocenters. The van der Waals surface area contributed by atoms with Gasteiger partial charge in [-0.25, -0.2) is 15.0 Å². The zero-order valence-electron chi connectivity index (χ0n) is 15.0. The van der Waals surface area contributed by atoms with Gasteiger partial charge in [0.2, 0.25) is 6.79 Å². The van der Waals surface area contributed by atoms with Crippen molar-refractivity contribution in [3.05, 3.63) is 71.9 Å². The average molecular weight is 402 g/mol. The summed E-state index contributed by atoms with van der Waals surface area (Å²) in [6, 6.07) is 15.2. The maximum absolute atomic E-state index is 12.5. The van der Waals surface area contributed by atoms with Gasteiger partial charge in [0.1, 0.15) is 0 Å². The normalized spacial score (nSPS) is 12.0. The predicted octanol–water partition coefficient (Wildman–Crippen LogP) is 4.25. The monoisotopic (exact) mass is 402 g/mol. The number of rotatable bonds is 4. The van der Waals surface area contributed by atoms with Gasteiger partial charge in [0.15, 0.2) is 22.5 Å². The molecule has 0 spiro atoms. The van der Waals surface area contributed by atoms with Crippen LogP contribution in [0, 0.1) is 0 Å². The first kappa shape index (κ1) is 17.3. The van der Waals surface area contributed by atoms with Gasteiger partial charge in [-0.3, -0.25) is 10.1 Å². The molecule has 0 bridgehead atoms. The molecule has 0 aliphatic carbocycles.